The van der Waals surface area contributed by atoms with Gasteiger partial charge in [-0.05, 0) is 67.1 Å². The third-order valence-corrected chi connectivity index (χ3v) is 9.17. The molecule has 1 N–H and O–H groups in total. The first kappa shape index (κ1) is 33.5. The number of rotatable bonds is 5. The van der Waals surface area contributed by atoms with Crippen molar-refractivity contribution in [3.8, 4) is 17.1 Å². The van der Waals surface area contributed by atoms with Gasteiger partial charge in [0.05, 0.1) is 34.4 Å². The molecular formula is C35H40N6O5S. The third kappa shape index (κ3) is 7.76. The van der Waals surface area contributed by atoms with E-state index in [4.69, 9.17) is 4.74 Å². The molecule has 4 bridgehead atoms. The normalized spacial score (nSPS) is 16.2. The molecular weight excluding hydrogens is 616 g/mol. The lowest BCUT2D eigenvalue weighted by molar-refractivity contribution is 0.0509. The first-order valence-electron chi connectivity index (χ1n) is 15.3. The number of sulfonamides is 1. The molecule has 0 spiro atoms. The highest BCUT2D eigenvalue weighted by Gasteiger charge is 2.32. The third-order valence-electron chi connectivity index (χ3n) is 7.84. The average molecular weight is 657 g/mol. The summed E-state index contributed by atoms with van der Waals surface area (Å²) in [7, 11) is -0.855. The van der Waals surface area contributed by atoms with Crippen LogP contribution in [-0.2, 0) is 16.6 Å². The van der Waals surface area contributed by atoms with Crippen molar-refractivity contribution in [1.82, 2.24) is 24.8 Å². The Morgan fingerprint density at radius 3 is 2.36 bits per heavy atom. The molecule has 0 unspecified atom stereocenters. The van der Waals surface area contributed by atoms with Gasteiger partial charge in [0.2, 0.25) is 11.8 Å². The second kappa shape index (κ2) is 13.1. The molecule has 246 valence electrons. The zero-order chi connectivity index (χ0) is 34.1. The highest BCUT2D eigenvalue weighted by molar-refractivity contribution is 7.92. The lowest BCUT2D eigenvalue weighted by Crippen LogP contribution is -2.45. The van der Waals surface area contributed by atoms with Crippen LogP contribution in [0.25, 0.3) is 11.3 Å². The number of fused-ring (bicyclic) bond motifs is 4. The van der Waals surface area contributed by atoms with E-state index >= 15 is 0 Å². The molecule has 0 radical (unpaired) electrons. The zero-order valence-corrected chi connectivity index (χ0v) is 28.6. The second-order valence-corrected chi connectivity index (χ2v) is 14.9. The summed E-state index contributed by atoms with van der Waals surface area (Å²) in [6.07, 6.45) is 2.04. The van der Waals surface area contributed by atoms with E-state index in [-0.39, 0.29) is 52.7 Å². The summed E-state index contributed by atoms with van der Waals surface area (Å²) in [6, 6.07) is 16.4. The summed E-state index contributed by atoms with van der Waals surface area (Å²) in [5, 5.41) is 0. The van der Waals surface area contributed by atoms with Crippen molar-refractivity contribution in [2.75, 3.05) is 25.4 Å². The number of nitrogens with zero attached hydrogens (tertiary/aromatic N) is 5. The number of aryl methyl sites for hydroxylation is 2. The van der Waals surface area contributed by atoms with Crippen LogP contribution >= 0.6 is 0 Å². The van der Waals surface area contributed by atoms with Crippen molar-refractivity contribution in [3.63, 3.8) is 0 Å². The number of nitrogens with one attached hydrogen (secondary N) is 1. The van der Waals surface area contributed by atoms with Crippen LogP contribution in [0.15, 0.2) is 71.8 Å². The Hall–Kier alpha value is -4.84. The Balaban J connectivity index is 1.64. The number of ether oxygens (including phenoxy) is 1. The van der Waals surface area contributed by atoms with Gasteiger partial charge >= 0.3 is 0 Å². The predicted molar refractivity (Wildman–Crippen MR) is 180 cm³/mol. The molecule has 0 saturated carbocycles. The molecule has 12 heteroatoms. The standard InChI is InChI=1S/C35H40N6O5S/c1-22-10-8-11-23(2)31(22)29-17-30-38-34(37-29)39-47(44,45)28-13-9-12-24(16-28)33(43)41(27(21-46-30)18-35(3,4)5)20-26-15-14-25(19-36-26)32(42)40(6)7/h8-17,19,27H,18,20-21H2,1-7H3,(H,37,38,39)/t27-/m1/s1. The number of pyridine rings is 1. The fourth-order valence-electron chi connectivity index (χ4n) is 5.62. The predicted octanol–water partition coefficient (Wildman–Crippen LogP) is 5.50. The summed E-state index contributed by atoms with van der Waals surface area (Å²) in [4.78, 5) is 43.4. The smallest absolute Gasteiger partial charge is 0.264 e. The lowest BCUT2D eigenvalue weighted by atomic mass is 9.87. The Bertz CT molecular complexity index is 1900. The van der Waals surface area contributed by atoms with Gasteiger partial charge in [0.15, 0.2) is 0 Å². The fourth-order valence-corrected chi connectivity index (χ4v) is 6.61. The van der Waals surface area contributed by atoms with Crippen molar-refractivity contribution >= 4 is 27.8 Å². The van der Waals surface area contributed by atoms with Crippen molar-refractivity contribution in [1.29, 1.82) is 0 Å². The van der Waals surface area contributed by atoms with Crippen molar-refractivity contribution in [2.24, 2.45) is 5.41 Å². The topological polar surface area (TPSA) is 135 Å². The molecule has 2 aromatic heterocycles. The van der Waals surface area contributed by atoms with Gasteiger partial charge < -0.3 is 14.5 Å². The Morgan fingerprint density at radius 1 is 1.02 bits per heavy atom. The summed E-state index contributed by atoms with van der Waals surface area (Å²) < 4.78 is 36.1. The highest BCUT2D eigenvalue weighted by Crippen LogP contribution is 2.31. The van der Waals surface area contributed by atoms with Gasteiger partial charge in [-0.2, -0.15) is 4.98 Å². The molecule has 4 aromatic rings. The minimum absolute atomic E-state index is 0.0648. The number of hydrogen-bond acceptors (Lipinski definition) is 8. The van der Waals surface area contributed by atoms with E-state index in [1.54, 1.807) is 43.3 Å². The Morgan fingerprint density at radius 2 is 1.72 bits per heavy atom. The molecule has 3 heterocycles. The molecule has 0 aliphatic carbocycles. The molecule has 0 fully saturated rings. The van der Waals surface area contributed by atoms with Gasteiger partial charge in [0.25, 0.3) is 21.8 Å². The van der Waals surface area contributed by atoms with E-state index in [0.717, 1.165) is 16.7 Å². The average Bonchev–Trinajstić information content (AvgIpc) is 3.00. The van der Waals surface area contributed by atoms with Crippen molar-refractivity contribution < 1.29 is 22.7 Å². The van der Waals surface area contributed by atoms with E-state index in [1.165, 1.54) is 29.3 Å². The maximum Gasteiger partial charge on any atom is 0.264 e. The minimum atomic E-state index is -4.19. The van der Waals surface area contributed by atoms with Crippen LogP contribution < -0.4 is 9.46 Å². The largest absolute Gasteiger partial charge is 0.475 e. The van der Waals surface area contributed by atoms with E-state index in [1.807, 2.05) is 32.0 Å². The van der Waals surface area contributed by atoms with Gasteiger partial charge in [0.1, 0.15) is 6.61 Å². The highest BCUT2D eigenvalue weighted by atomic mass is 32.2. The maximum absolute atomic E-state index is 14.3. The van der Waals surface area contributed by atoms with Crippen LogP contribution in [0.4, 0.5) is 5.95 Å². The molecule has 11 nitrogen and oxygen atoms in total. The number of amides is 2. The van der Waals surface area contributed by atoms with E-state index in [0.29, 0.717) is 23.4 Å². The number of aromatic nitrogens is 3. The van der Waals surface area contributed by atoms with Crippen LogP contribution in [0.1, 0.15) is 64.7 Å². The maximum atomic E-state index is 14.3. The van der Waals surface area contributed by atoms with Crippen LogP contribution in [0.5, 0.6) is 5.88 Å². The first-order valence-corrected chi connectivity index (χ1v) is 16.8. The number of carbonyl (C=O) groups is 2. The monoisotopic (exact) mass is 656 g/mol. The molecule has 2 amide bonds. The van der Waals surface area contributed by atoms with E-state index < -0.39 is 16.1 Å². The summed E-state index contributed by atoms with van der Waals surface area (Å²) in [5.41, 5.74) is 4.22. The second-order valence-electron chi connectivity index (χ2n) is 13.2. The van der Waals surface area contributed by atoms with Crippen LogP contribution in [0.2, 0.25) is 0 Å². The zero-order valence-electron chi connectivity index (χ0n) is 27.7. The molecule has 1 aliphatic heterocycles. The van der Waals surface area contributed by atoms with Crippen molar-refractivity contribution in [3.05, 3.63) is 94.8 Å². The molecule has 1 aliphatic rings. The van der Waals surface area contributed by atoms with Gasteiger partial charge in [-0.15, -0.1) is 0 Å². The van der Waals surface area contributed by atoms with Crippen LogP contribution in [0, 0.1) is 19.3 Å². The van der Waals surface area contributed by atoms with Crippen LogP contribution in [-0.4, -0.2) is 71.7 Å². The number of benzene rings is 2. The van der Waals surface area contributed by atoms with Crippen LogP contribution in [0.3, 0.4) is 0 Å². The van der Waals surface area contributed by atoms with Gasteiger partial charge in [-0.25, -0.2) is 18.1 Å². The number of anilines is 1. The SMILES string of the molecule is Cc1cccc(C)c1-c1cc2nc(n1)NS(=O)(=O)c1cccc(c1)C(=O)N(Cc1ccc(C(=O)N(C)C)cn1)[C@H](CC(C)(C)C)CO2. The van der Waals surface area contributed by atoms with Gasteiger partial charge in [0, 0.05) is 37.5 Å². The number of carbonyl (C=O) groups excluding carboxylic acids is 2. The first-order chi connectivity index (χ1) is 22.1. The summed E-state index contributed by atoms with van der Waals surface area (Å²) in [6.45, 7) is 10.3. The quantitative estimate of drug-likeness (QED) is 0.298. The van der Waals surface area contributed by atoms with Gasteiger partial charge in [-0.3, -0.25) is 14.6 Å². The summed E-state index contributed by atoms with van der Waals surface area (Å²) >= 11 is 0. The van der Waals surface area contributed by atoms with E-state index in [2.05, 4.69) is 40.4 Å². The lowest BCUT2D eigenvalue weighted by Gasteiger charge is -2.35. The van der Waals surface area contributed by atoms with Crippen molar-refractivity contribution in [2.45, 2.75) is 58.5 Å². The molecule has 1 atom stereocenters. The Kier molecular flexibility index (Phi) is 9.35. The molecule has 47 heavy (non-hydrogen) atoms. The Labute approximate surface area is 276 Å². The molecule has 0 saturated heterocycles. The van der Waals surface area contributed by atoms with E-state index in [9.17, 15) is 18.0 Å². The summed E-state index contributed by atoms with van der Waals surface area (Å²) in [5.74, 6) is -0.546. The minimum Gasteiger partial charge on any atom is -0.475 e. The molecule has 2 aromatic carbocycles. The van der Waals surface area contributed by atoms with Gasteiger partial charge in [-0.1, -0.05) is 45.0 Å². The number of hydrogen-bond donors (Lipinski definition) is 1. The fraction of sp³-hybridized carbons (Fsp3) is 0.343. The molecule has 5 rings (SSSR count).